The van der Waals surface area contributed by atoms with E-state index < -0.39 is 0 Å². The van der Waals surface area contributed by atoms with Gasteiger partial charge in [-0.05, 0) is 38.0 Å². The average molecular weight is 424 g/mol. The molecule has 0 spiro atoms. The Kier molecular flexibility index (Phi) is 5.97. The zero-order valence-corrected chi connectivity index (χ0v) is 17.6. The molecule has 1 atom stereocenters. The second-order valence-electron chi connectivity index (χ2n) is 6.94. The zero-order valence-electron chi connectivity index (χ0n) is 15.9. The Labute approximate surface area is 178 Å². The second kappa shape index (κ2) is 8.80. The van der Waals surface area contributed by atoms with Gasteiger partial charge in [-0.15, -0.1) is 23.1 Å². The highest BCUT2D eigenvalue weighted by Gasteiger charge is 2.29. The van der Waals surface area contributed by atoms with Gasteiger partial charge in [0, 0.05) is 27.4 Å². The molecule has 2 amide bonds. The van der Waals surface area contributed by atoms with Gasteiger partial charge in [-0.3, -0.25) is 9.59 Å². The van der Waals surface area contributed by atoms with Crippen LogP contribution in [0.4, 0.5) is 10.8 Å². The third-order valence-electron chi connectivity index (χ3n) is 4.54. The first-order chi connectivity index (χ1) is 14.1. The molecule has 4 rings (SSSR count). The first-order valence-electron chi connectivity index (χ1n) is 9.48. The molecule has 1 unspecified atom stereocenters. The minimum atomic E-state index is -0.298. The molecule has 3 aromatic rings. The number of thioether (sulfide) groups is 1. The lowest BCUT2D eigenvalue weighted by Gasteiger charge is -2.12. The SMILES string of the molecule is CC(Sc1cccc(NC(=O)C2CC2)c1)C(=O)Nc1nc(-c2ccccc2)cs1. The van der Waals surface area contributed by atoms with Gasteiger partial charge >= 0.3 is 0 Å². The number of thiazole rings is 1. The quantitative estimate of drug-likeness (QED) is 0.507. The molecule has 0 radical (unpaired) electrons. The van der Waals surface area contributed by atoms with E-state index in [2.05, 4.69) is 15.6 Å². The number of rotatable bonds is 7. The molecule has 5 nitrogen and oxygen atoms in total. The van der Waals surface area contributed by atoms with Crippen LogP contribution in [0.3, 0.4) is 0 Å². The van der Waals surface area contributed by atoms with Crippen LogP contribution in [0, 0.1) is 5.92 Å². The van der Waals surface area contributed by atoms with Gasteiger partial charge in [0.05, 0.1) is 10.9 Å². The van der Waals surface area contributed by atoms with Crippen molar-refractivity contribution in [2.45, 2.75) is 29.9 Å². The summed E-state index contributed by atoms with van der Waals surface area (Å²) in [6.45, 7) is 1.86. The molecular formula is C22H21N3O2S2. The van der Waals surface area contributed by atoms with Gasteiger partial charge in [-0.25, -0.2) is 4.98 Å². The van der Waals surface area contributed by atoms with Crippen LogP contribution >= 0.6 is 23.1 Å². The molecular weight excluding hydrogens is 402 g/mol. The van der Waals surface area contributed by atoms with Gasteiger partial charge in [0.1, 0.15) is 0 Å². The molecule has 29 heavy (non-hydrogen) atoms. The number of aromatic nitrogens is 1. The van der Waals surface area contributed by atoms with Crippen LogP contribution in [0.15, 0.2) is 64.9 Å². The molecule has 7 heteroatoms. The van der Waals surface area contributed by atoms with Gasteiger partial charge in [-0.2, -0.15) is 0 Å². The van der Waals surface area contributed by atoms with E-state index in [-0.39, 0.29) is 23.0 Å². The molecule has 1 aromatic heterocycles. The number of carbonyl (C=O) groups is 2. The Morgan fingerprint density at radius 2 is 1.90 bits per heavy atom. The molecule has 2 N–H and O–H groups in total. The fourth-order valence-electron chi connectivity index (χ4n) is 2.77. The van der Waals surface area contributed by atoms with E-state index >= 15 is 0 Å². The summed E-state index contributed by atoms with van der Waals surface area (Å²) < 4.78 is 0. The van der Waals surface area contributed by atoms with Crippen molar-refractivity contribution >= 4 is 45.7 Å². The van der Waals surface area contributed by atoms with E-state index in [0.717, 1.165) is 34.7 Å². The molecule has 0 aliphatic heterocycles. The normalized spacial score (nSPS) is 14.2. The molecule has 2 aromatic carbocycles. The lowest BCUT2D eigenvalue weighted by molar-refractivity contribution is -0.117. The minimum absolute atomic E-state index is 0.0796. The fraction of sp³-hybridized carbons (Fsp3) is 0.227. The number of nitrogens with zero attached hydrogens (tertiary/aromatic N) is 1. The van der Waals surface area contributed by atoms with Crippen LogP contribution in [-0.4, -0.2) is 22.0 Å². The summed E-state index contributed by atoms with van der Waals surface area (Å²) in [5.41, 5.74) is 2.65. The van der Waals surface area contributed by atoms with E-state index in [9.17, 15) is 9.59 Å². The van der Waals surface area contributed by atoms with Crippen molar-refractivity contribution in [1.29, 1.82) is 0 Å². The molecule has 148 valence electrons. The third kappa shape index (κ3) is 5.25. The lowest BCUT2D eigenvalue weighted by atomic mass is 10.2. The highest BCUT2D eigenvalue weighted by Crippen LogP contribution is 2.32. The topological polar surface area (TPSA) is 71.1 Å². The van der Waals surface area contributed by atoms with E-state index in [4.69, 9.17) is 0 Å². The lowest BCUT2D eigenvalue weighted by Crippen LogP contribution is -2.22. The van der Waals surface area contributed by atoms with Crippen molar-refractivity contribution in [2.24, 2.45) is 5.92 Å². The number of amides is 2. The summed E-state index contributed by atoms with van der Waals surface area (Å²) in [6, 6.07) is 17.5. The van der Waals surface area contributed by atoms with Gasteiger partial charge in [0.15, 0.2) is 5.13 Å². The Morgan fingerprint density at radius 3 is 2.66 bits per heavy atom. The summed E-state index contributed by atoms with van der Waals surface area (Å²) >= 11 is 2.87. The minimum Gasteiger partial charge on any atom is -0.326 e. The van der Waals surface area contributed by atoms with Crippen molar-refractivity contribution in [3.05, 3.63) is 60.0 Å². The summed E-state index contributed by atoms with van der Waals surface area (Å²) in [7, 11) is 0. The van der Waals surface area contributed by atoms with E-state index in [1.54, 1.807) is 0 Å². The van der Waals surface area contributed by atoms with Crippen LogP contribution in [-0.2, 0) is 9.59 Å². The van der Waals surface area contributed by atoms with E-state index in [1.807, 2.05) is 66.9 Å². The summed E-state index contributed by atoms with van der Waals surface area (Å²) in [4.78, 5) is 30.0. The number of hydrogen-bond acceptors (Lipinski definition) is 5. The molecule has 1 aliphatic carbocycles. The van der Waals surface area contributed by atoms with Gasteiger partial charge in [-0.1, -0.05) is 36.4 Å². The van der Waals surface area contributed by atoms with Crippen molar-refractivity contribution in [2.75, 3.05) is 10.6 Å². The van der Waals surface area contributed by atoms with Crippen LogP contribution in [0.5, 0.6) is 0 Å². The molecule has 1 saturated carbocycles. The summed E-state index contributed by atoms with van der Waals surface area (Å²) in [5.74, 6) is 0.141. The molecule has 1 fully saturated rings. The third-order valence-corrected chi connectivity index (χ3v) is 6.39. The Morgan fingerprint density at radius 1 is 1.10 bits per heavy atom. The predicted octanol–water partition coefficient (Wildman–Crippen LogP) is 5.28. The van der Waals surface area contributed by atoms with E-state index in [1.165, 1.54) is 23.1 Å². The largest absolute Gasteiger partial charge is 0.326 e. The second-order valence-corrected chi connectivity index (χ2v) is 9.22. The number of nitrogens with one attached hydrogen (secondary N) is 2. The predicted molar refractivity (Wildman–Crippen MR) is 119 cm³/mol. The number of benzene rings is 2. The maximum Gasteiger partial charge on any atom is 0.239 e. The molecule has 1 aliphatic rings. The van der Waals surface area contributed by atoms with Crippen molar-refractivity contribution in [1.82, 2.24) is 4.98 Å². The molecule has 1 heterocycles. The van der Waals surface area contributed by atoms with Crippen LogP contribution in [0.25, 0.3) is 11.3 Å². The van der Waals surface area contributed by atoms with Crippen molar-refractivity contribution < 1.29 is 9.59 Å². The van der Waals surface area contributed by atoms with Crippen LogP contribution in [0.2, 0.25) is 0 Å². The van der Waals surface area contributed by atoms with Crippen molar-refractivity contribution in [3.63, 3.8) is 0 Å². The fourth-order valence-corrected chi connectivity index (χ4v) is 4.42. The van der Waals surface area contributed by atoms with Crippen LogP contribution in [0.1, 0.15) is 19.8 Å². The maximum atomic E-state index is 12.6. The summed E-state index contributed by atoms with van der Waals surface area (Å²) in [5, 5.41) is 8.07. The maximum absolute atomic E-state index is 12.6. The number of anilines is 2. The first-order valence-corrected chi connectivity index (χ1v) is 11.2. The average Bonchev–Trinajstić information content (AvgIpc) is 3.48. The van der Waals surface area contributed by atoms with Gasteiger partial charge in [0.2, 0.25) is 11.8 Å². The standard InChI is InChI=1S/C22H21N3O2S2/c1-14(29-18-9-5-8-17(12-18)23-21(27)16-10-11-16)20(26)25-22-24-19(13-28-22)15-6-3-2-4-7-15/h2-9,12-14,16H,10-11H2,1H3,(H,23,27)(H,24,25,26). The van der Waals surface area contributed by atoms with Gasteiger partial charge in [0.25, 0.3) is 0 Å². The highest BCUT2D eigenvalue weighted by molar-refractivity contribution is 8.00. The van der Waals surface area contributed by atoms with E-state index in [0.29, 0.717) is 5.13 Å². The first kappa shape index (κ1) is 19.7. The Bertz CT molecular complexity index is 1020. The molecule has 0 saturated heterocycles. The van der Waals surface area contributed by atoms with Crippen LogP contribution < -0.4 is 10.6 Å². The Hall–Kier alpha value is -2.64. The van der Waals surface area contributed by atoms with Gasteiger partial charge < -0.3 is 10.6 Å². The number of hydrogen-bond donors (Lipinski definition) is 2. The monoisotopic (exact) mass is 423 g/mol. The Balaban J connectivity index is 1.35. The summed E-state index contributed by atoms with van der Waals surface area (Å²) in [6.07, 6.45) is 1.94. The molecule has 0 bridgehead atoms. The smallest absolute Gasteiger partial charge is 0.239 e. The highest BCUT2D eigenvalue weighted by atomic mass is 32.2. The zero-order chi connectivity index (χ0) is 20.2. The van der Waals surface area contributed by atoms with Crippen molar-refractivity contribution in [3.8, 4) is 11.3 Å². The number of carbonyl (C=O) groups excluding carboxylic acids is 2.